The van der Waals surface area contributed by atoms with Crippen LogP contribution in [0.3, 0.4) is 0 Å². The molecule has 0 unspecified atom stereocenters. The van der Waals surface area contributed by atoms with Gasteiger partial charge in [-0.25, -0.2) is 13.4 Å². The number of anilines is 1. The van der Waals surface area contributed by atoms with Crippen molar-refractivity contribution in [1.82, 2.24) is 15.1 Å². The van der Waals surface area contributed by atoms with Gasteiger partial charge in [-0.05, 0) is 30.3 Å². The topological polar surface area (TPSA) is 124 Å². The number of para-hydroxylation sites is 1. The minimum Gasteiger partial charge on any atom is -0.485 e. The number of thiazole rings is 1. The predicted molar refractivity (Wildman–Crippen MR) is 110 cm³/mol. The summed E-state index contributed by atoms with van der Waals surface area (Å²) in [5, 5.41) is 6.85. The number of nitrogens with zero attached hydrogens (tertiary/aromatic N) is 3. The number of ether oxygens (including phenoxy) is 1. The number of benzene rings is 2. The summed E-state index contributed by atoms with van der Waals surface area (Å²) in [7, 11) is -3.33. The molecule has 1 amide bonds. The molecule has 2 aromatic heterocycles. The van der Waals surface area contributed by atoms with E-state index in [1.165, 1.54) is 17.4 Å². The van der Waals surface area contributed by atoms with Gasteiger partial charge in [0.1, 0.15) is 5.75 Å². The highest BCUT2D eigenvalue weighted by molar-refractivity contribution is 7.90. The van der Waals surface area contributed by atoms with Gasteiger partial charge in [-0.1, -0.05) is 28.6 Å². The van der Waals surface area contributed by atoms with Gasteiger partial charge in [-0.15, -0.1) is 0 Å². The zero-order valence-corrected chi connectivity index (χ0v) is 17.6. The fraction of sp³-hybridized carbons (Fsp3) is 0.158. The van der Waals surface area contributed by atoms with Crippen molar-refractivity contribution in [2.45, 2.75) is 18.4 Å². The van der Waals surface area contributed by atoms with E-state index in [1.54, 1.807) is 43.3 Å². The zero-order valence-electron chi connectivity index (χ0n) is 15.9. The summed E-state index contributed by atoms with van der Waals surface area (Å²) in [6.07, 6.45) is 1.14. The Balaban J connectivity index is 1.54. The number of aryl methyl sites for hydroxylation is 1. The second kappa shape index (κ2) is 7.84. The predicted octanol–water partition coefficient (Wildman–Crippen LogP) is 3.22. The number of carbonyl (C=O) groups excluding carboxylic acids is 1. The molecule has 4 rings (SSSR count). The zero-order chi connectivity index (χ0) is 21.3. The molecule has 2 aromatic carbocycles. The van der Waals surface area contributed by atoms with E-state index in [1.807, 2.05) is 0 Å². The molecule has 0 atom stereocenters. The number of sulfone groups is 1. The van der Waals surface area contributed by atoms with Gasteiger partial charge in [0.2, 0.25) is 11.7 Å². The van der Waals surface area contributed by atoms with Crippen LogP contribution < -0.4 is 10.1 Å². The number of aromatic nitrogens is 3. The van der Waals surface area contributed by atoms with Gasteiger partial charge in [0.25, 0.3) is 5.91 Å². The number of amides is 1. The fourth-order valence-electron chi connectivity index (χ4n) is 2.68. The van der Waals surface area contributed by atoms with E-state index in [9.17, 15) is 13.2 Å². The van der Waals surface area contributed by atoms with Crippen molar-refractivity contribution in [3.63, 3.8) is 0 Å². The molecule has 0 saturated heterocycles. The summed E-state index contributed by atoms with van der Waals surface area (Å²) in [5.74, 6) is 0.750. The smallest absolute Gasteiger partial charge is 0.261 e. The summed E-state index contributed by atoms with van der Waals surface area (Å²) < 4.78 is 34.7. The van der Waals surface area contributed by atoms with Gasteiger partial charge in [-0.2, -0.15) is 4.98 Å². The van der Waals surface area contributed by atoms with E-state index < -0.39 is 15.7 Å². The first-order chi connectivity index (χ1) is 14.3. The second-order valence-corrected chi connectivity index (χ2v) is 9.44. The Morgan fingerprint density at radius 2 is 2.00 bits per heavy atom. The first-order valence-electron chi connectivity index (χ1n) is 8.72. The Labute approximate surface area is 175 Å². The maximum atomic E-state index is 12.8. The second-order valence-electron chi connectivity index (χ2n) is 6.39. The normalized spacial score (nSPS) is 11.5. The summed E-state index contributed by atoms with van der Waals surface area (Å²) >= 11 is 1.19. The van der Waals surface area contributed by atoms with Crippen LogP contribution >= 0.6 is 11.3 Å². The third kappa shape index (κ3) is 4.31. The molecule has 0 aliphatic carbocycles. The first-order valence-corrected chi connectivity index (χ1v) is 11.4. The van der Waals surface area contributed by atoms with E-state index in [4.69, 9.17) is 9.26 Å². The van der Waals surface area contributed by atoms with Gasteiger partial charge >= 0.3 is 0 Å². The van der Waals surface area contributed by atoms with Crippen molar-refractivity contribution in [2.75, 3.05) is 11.6 Å². The average Bonchev–Trinajstić information content (AvgIpc) is 3.30. The third-order valence-corrected chi connectivity index (χ3v) is 6.11. The van der Waals surface area contributed by atoms with E-state index in [2.05, 4.69) is 20.4 Å². The van der Waals surface area contributed by atoms with Crippen molar-refractivity contribution >= 4 is 42.4 Å². The molecule has 0 bridgehead atoms. The molecule has 11 heteroatoms. The molecule has 1 N–H and O–H groups in total. The first kappa shape index (κ1) is 20.0. The fourth-order valence-corrected chi connectivity index (χ4v) is 4.30. The molecule has 4 aromatic rings. The molecule has 0 aliphatic rings. The van der Waals surface area contributed by atoms with Gasteiger partial charge < -0.3 is 9.26 Å². The molecule has 30 heavy (non-hydrogen) atoms. The number of fused-ring (bicyclic) bond motifs is 1. The minimum absolute atomic E-state index is 0.0526. The number of nitrogens with one attached hydrogen (secondary N) is 1. The van der Waals surface area contributed by atoms with Crippen LogP contribution in [0, 0.1) is 6.92 Å². The van der Waals surface area contributed by atoms with Gasteiger partial charge in [-0.3, -0.25) is 10.1 Å². The van der Waals surface area contributed by atoms with E-state index >= 15 is 0 Å². The van der Waals surface area contributed by atoms with Gasteiger partial charge in [0.15, 0.2) is 21.6 Å². The minimum atomic E-state index is -3.33. The largest absolute Gasteiger partial charge is 0.485 e. The van der Waals surface area contributed by atoms with Crippen molar-refractivity contribution < 1.29 is 22.5 Å². The molecule has 0 aliphatic heterocycles. The van der Waals surface area contributed by atoms with E-state index in [0.29, 0.717) is 38.4 Å². The lowest BCUT2D eigenvalue weighted by Gasteiger charge is -2.09. The molecule has 9 nitrogen and oxygen atoms in total. The van der Waals surface area contributed by atoms with Crippen molar-refractivity contribution in [3.05, 3.63) is 59.7 Å². The lowest BCUT2D eigenvalue weighted by Crippen LogP contribution is -2.13. The lowest BCUT2D eigenvalue weighted by molar-refractivity contribution is 0.102. The molecule has 0 spiro atoms. The summed E-state index contributed by atoms with van der Waals surface area (Å²) in [5.41, 5.74) is 0.911. The van der Waals surface area contributed by atoms with Crippen LogP contribution in [0.25, 0.3) is 10.2 Å². The van der Waals surface area contributed by atoms with E-state index in [0.717, 1.165) is 6.26 Å². The van der Waals surface area contributed by atoms with E-state index in [-0.39, 0.29) is 11.5 Å². The SMILES string of the molecule is Cc1nc(COc2ccccc2C(=O)Nc2nc3ccc(S(C)(=O)=O)cc3s2)no1. The Morgan fingerprint density at radius 3 is 2.73 bits per heavy atom. The Kier molecular flexibility index (Phi) is 5.22. The van der Waals surface area contributed by atoms with Crippen LogP contribution in [-0.4, -0.2) is 35.7 Å². The lowest BCUT2D eigenvalue weighted by atomic mass is 10.2. The number of carbonyl (C=O) groups is 1. The van der Waals surface area contributed by atoms with Crippen molar-refractivity contribution in [1.29, 1.82) is 0 Å². The maximum absolute atomic E-state index is 12.8. The molecule has 0 saturated carbocycles. The van der Waals surface area contributed by atoms with Crippen LogP contribution in [0.4, 0.5) is 5.13 Å². The Hall–Kier alpha value is -3.31. The van der Waals surface area contributed by atoms with Crippen molar-refractivity contribution in [3.8, 4) is 5.75 Å². The highest BCUT2D eigenvalue weighted by Gasteiger charge is 2.16. The molecular formula is C19H16N4O5S2. The van der Waals surface area contributed by atoms with Crippen LogP contribution in [0.2, 0.25) is 0 Å². The Bertz CT molecular complexity index is 1340. The molecule has 2 heterocycles. The standard InChI is InChI=1S/C19H16N4O5S2/c1-11-20-17(23-28-11)10-27-15-6-4-3-5-13(15)18(24)22-19-21-14-8-7-12(30(2,25)26)9-16(14)29-19/h3-9H,10H2,1-2H3,(H,21,22,24). The molecule has 154 valence electrons. The molecule has 0 fully saturated rings. The van der Waals surface area contributed by atoms with Crippen LogP contribution in [0.5, 0.6) is 5.75 Å². The monoisotopic (exact) mass is 444 g/mol. The Morgan fingerprint density at radius 1 is 1.20 bits per heavy atom. The van der Waals surface area contributed by atoms with Gasteiger partial charge in [0, 0.05) is 13.2 Å². The summed E-state index contributed by atoms with van der Waals surface area (Å²) in [6, 6.07) is 11.4. The maximum Gasteiger partial charge on any atom is 0.261 e. The number of rotatable bonds is 6. The molecule has 0 radical (unpaired) electrons. The summed E-state index contributed by atoms with van der Waals surface area (Å²) in [4.78, 5) is 21.4. The number of hydrogen-bond acceptors (Lipinski definition) is 9. The average molecular weight is 444 g/mol. The van der Waals surface area contributed by atoms with Crippen LogP contribution in [0.1, 0.15) is 22.1 Å². The number of hydrogen-bond donors (Lipinski definition) is 1. The van der Waals surface area contributed by atoms with Crippen LogP contribution in [0.15, 0.2) is 51.9 Å². The van der Waals surface area contributed by atoms with Crippen molar-refractivity contribution in [2.24, 2.45) is 0 Å². The summed E-state index contributed by atoms with van der Waals surface area (Å²) in [6.45, 7) is 1.73. The third-order valence-electron chi connectivity index (χ3n) is 4.07. The molecular weight excluding hydrogens is 428 g/mol. The quantitative estimate of drug-likeness (QED) is 0.481. The highest BCUT2D eigenvalue weighted by atomic mass is 32.2. The van der Waals surface area contributed by atoms with Crippen LogP contribution in [-0.2, 0) is 16.4 Å². The highest BCUT2D eigenvalue weighted by Crippen LogP contribution is 2.29. The van der Waals surface area contributed by atoms with Gasteiger partial charge in [0.05, 0.1) is 20.7 Å².